The van der Waals surface area contributed by atoms with Gasteiger partial charge in [0, 0.05) is 18.0 Å². The number of thioether (sulfide) groups is 1. The van der Waals surface area contributed by atoms with E-state index < -0.39 is 0 Å². The van der Waals surface area contributed by atoms with E-state index in [1.54, 1.807) is 18.9 Å². The van der Waals surface area contributed by atoms with Gasteiger partial charge in [-0.1, -0.05) is 11.8 Å². The Labute approximate surface area is 100 Å². The van der Waals surface area contributed by atoms with E-state index in [-0.39, 0.29) is 0 Å². The van der Waals surface area contributed by atoms with Crippen LogP contribution in [0.25, 0.3) is 0 Å². The molecule has 4 heteroatoms. The Balaban J connectivity index is 2.09. The fourth-order valence-electron chi connectivity index (χ4n) is 1.61. The standard InChI is InChI=1S/C12H16N2OS/c1-9-8-10(4-5-11(9)15-2)14-12-13-6-3-7-16-12/h4-5,8H,3,6-7H2,1-2H3,(H,13,14). The molecule has 2 rings (SSSR count). The Hall–Kier alpha value is -1.16. The highest BCUT2D eigenvalue weighted by molar-refractivity contribution is 8.14. The maximum atomic E-state index is 5.23. The highest BCUT2D eigenvalue weighted by Gasteiger charge is 2.06. The first-order valence-electron chi connectivity index (χ1n) is 5.38. The molecule has 0 fully saturated rings. The molecule has 1 aliphatic heterocycles. The molecule has 0 amide bonds. The van der Waals surface area contributed by atoms with Gasteiger partial charge in [0.1, 0.15) is 5.75 Å². The summed E-state index contributed by atoms with van der Waals surface area (Å²) >= 11 is 1.78. The van der Waals surface area contributed by atoms with Gasteiger partial charge in [-0.2, -0.15) is 0 Å². The summed E-state index contributed by atoms with van der Waals surface area (Å²) in [6.07, 6.45) is 1.18. The molecule has 86 valence electrons. The zero-order valence-corrected chi connectivity index (χ0v) is 10.4. The molecule has 1 N–H and O–H groups in total. The van der Waals surface area contributed by atoms with Gasteiger partial charge in [-0.15, -0.1) is 0 Å². The van der Waals surface area contributed by atoms with Gasteiger partial charge in [-0.25, -0.2) is 0 Å². The Morgan fingerprint density at radius 2 is 2.31 bits per heavy atom. The van der Waals surface area contributed by atoms with E-state index in [2.05, 4.69) is 16.4 Å². The lowest BCUT2D eigenvalue weighted by molar-refractivity contribution is 0.412. The quantitative estimate of drug-likeness (QED) is 0.857. The summed E-state index contributed by atoms with van der Waals surface area (Å²) in [7, 11) is 1.69. The van der Waals surface area contributed by atoms with E-state index in [1.807, 2.05) is 19.1 Å². The van der Waals surface area contributed by atoms with Gasteiger partial charge in [0.15, 0.2) is 5.17 Å². The third-order valence-corrected chi connectivity index (χ3v) is 3.44. The molecule has 3 nitrogen and oxygen atoms in total. The summed E-state index contributed by atoms with van der Waals surface area (Å²) < 4.78 is 5.23. The van der Waals surface area contributed by atoms with Crippen molar-refractivity contribution in [2.24, 2.45) is 4.99 Å². The van der Waals surface area contributed by atoms with Crippen LogP contribution in [0.4, 0.5) is 5.69 Å². The lowest BCUT2D eigenvalue weighted by atomic mass is 10.2. The predicted octanol–water partition coefficient (Wildman–Crippen LogP) is 2.91. The van der Waals surface area contributed by atoms with Gasteiger partial charge in [-0.3, -0.25) is 4.99 Å². The molecule has 0 bridgehead atoms. The van der Waals surface area contributed by atoms with Gasteiger partial charge in [0.2, 0.25) is 0 Å². The molecule has 0 radical (unpaired) electrons. The van der Waals surface area contributed by atoms with Crippen molar-refractivity contribution >= 4 is 22.6 Å². The highest BCUT2D eigenvalue weighted by atomic mass is 32.2. The van der Waals surface area contributed by atoms with E-state index in [1.165, 1.54) is 6.42 Å². The Morgan fingerprint density at radius 3 is 2.94 bits per heavy atom. The molecule has 16 heavy (non-hydrogen) atoms. The minimum atomic E-state index is 0.920. The number of rotatable bonds is 2. The minimum absolute atomic E-state index is 0.920. The number of ether oxygens (including phenoxy) is 1. The number of amidine groups is 1. The summed E-state index contributed by atoms with van der Waals surface area (Å²) in [4.78, 5) is 4.43. The average Bonchev–Trinajstić information content (AvgIpc) is 2.31. The summed E-state index contributed by atoms with van der Waals surface area (Å²) in [5, 5.41) is 4.35. The number of aryl methyl sites for hydroxylation is 1. The third kappa shape index (κ3) is 2.70. The second kappa shape index (κ2) is 5.25. The molecule has 1 aromatic rings. The number of benzene rings is 1. The maximum Gasteiger partial charge on any atom is 0.161 e. The molecule has 0 saturated carbocycles. The lowest BCUT2D eigenvalue weighted by Crippen LogP contribution is -2.13. The Bertz CT molecular complexity index is 404. The van der Waals surface area contributed by atoms with E-state index in [0.717, 1.165) is 34.5 Å². The van der Waals surface area contributed by atoms with Crippen molar-refractivity contribution in [2.75, 3.05) is 24.7 Å². The van der Waals surface area contributed by atoms with Gasteiger partial charge < -0.3 is 10.1 Å². The fraction of sp³-hybridized carbons (Fsp3) is 0.417. The predicted molar refractivity (Wildman–Crippen MR) is 70.7 cm³/mol. The number of nitrogens with one attached hydrogen (secondary N) is 1. The molecule has 1 aliphatic rings. The Kier molecular flexibility index (Phi) is 3.72. The van der Waals surface area contributed by atoms with Crippen molar-refractivity contribution < 1.29 is 4.74 Å². The summed E-state index contributed by atoms with van der Waals surface area (Å²) in [5.74, 6) is 2.07. The van der Waals surface area contributed by atoms with Crippen molar-refractivity contribution in [1.82, 2.24) is 0 Å². The van der Waals surface area contributed by atoms with Crippen molar-refractivity contribution in [3.63, 3.8) is 0 Å². The van der Waals surface area contributed by atoms with Gasteiger partial charge in [0.05, 0.1) is 7.11 Å². The fourth-order valence-corrected chi connectivity index (χ4v) is 2.45. The zero-order chi connectivity index (χ0) is 11.4. The van der Waals surface area contributed by atoms with Crippen LogP contribution in [-0.4, -0.2) is 24.6 Å². The maximum absolute atomic E-state index is 5.23. The van der Waals surface area contributed by atoms with E-state index >= 15 is 0 Å². The third-order valence-electron chi connectivity index (χ3n) is 2.44. The summed E-state index contributed by atoms with van der Waals surface area (Å²) in [6.45, 7) is 2.98. The van der Waals surface area contributed by atoms with E-state index in [4.69, 9.17) is 4.74 Å². The summed E-state index contributed by atoms with van der Waals surface area (Å²) in [6, 6.07) is 6.08. The van der Waals surface area contributed by atoms with Crippen molar-refractivity contribution in [3.8, 4) is 5.75 Å². The van der Waals surface area contributed by atoms with Gasteiger partial charge in [-0.05, 0) is 37.1 Å². The van der Waals surface area contributed by atoms with Crippen LogP contribution in [0.1, 0.15) is 12.0 Å². The van der Waals surface area contributed by atoms with Crippen LogP contribution < -0.4 is 10.1 Å². The number of hydrogen-bond donors (Lipinski definition) is 1. The molecule has 1 aromatic carbocycles. The van der Waals surface area contributed by atoms with Crippen LogP contribution in [0.15, 0.2) is 23.2 Å². The number of nitrogens with zero attached hydrogens (tertiary/aromatic N) is 1. The zero-order valence-electron chi connectivity index (χ0n) is 9.62. The molecular weight excluding hydrogens is 220 g/mol. The molecule has 0 aliphatic carbocycles. The molecule has 0 aromatic heterocycles. The first kappa shape index (κ1) is 11.3. The van der Waals surface area contributed by atoms with E-state index in [9.17, 15) is 0 Å². The molecule has 0 spiro atoms. The van der Waals surface area contributed by atoms with E-state index in [0.29, 0.717) is 0 Å². The topological polar surface area (TPSA) is 33.6 Å². The minimum Gasteiger partial charge on any atom is -0.496 e. The van der Waals surface area contributed by atoms with Gasteiger partial charge >= 0.3 is 0 Å². The second-order valence-electron chi connectivity index (χ2n) is 3.70. The van der Waals surface area contributed by atoms with Crippen LogP contribution in [0, 0.1) is 6.92 Å². The largest absolute Gasteiger partial charge is 0.496 e. The SMILES string of the molecule is COc1ccc(NC2=NCCCS2)cc1C. The van der Waals surface area contributed by atoms with Crippen molar-refractivity contribution in [2.45, 2.75) is 13.3 Å². The van der Waals surface area contributed by atoms with Crippen LogP contribution in [0.5, 0.6) is 5.75 Å². The molecule has 1 heterocycles. The van der Waals surface area contributed by atoms with Crippen LogP contribution in [0.2, 0.25) is 0 Å². The first-order chi connectivity index (χ1) is 7.79. The van der Waals surface area contributed by atoms with Crippen LogP contribution >= 0.6 is 11.8 Å². The Morgan fingerprint density at radius 1 is 1.44 bits per heavy atom. The van der Waals surface area contributed by atoms with Crippen molar-refractivity contribution in [1.29, 1.82) is 0 Å². The molecule has 0 unspecified atom stereocenters. The summed E-state index contributed by atoms with van der Waals surface area (Å²) in [5.41, 5.74) is 2.21. The monoisotopic (exact) mass is 236 g/mol. The number of anilines is 1. The molecule has 0 atom stereocenters. The van der Waals surface area contributed by atoms with Crippen LogP contribution in [-0.2, 0) is 0 Å². The first-order valence-corrected chi connectivity index (χ1v) is 6.37. The van der Waals surface area contributed by atoms with Crippen molar-refractivity contribution in [3.05, 3.63) is 23.8 Å². The average molecular weight is 236 g/mol. The normalized spacial score (nSPS) is 15.5. The smallest absolute Gasteiger partial charge is 0.161 e. The number of methoxy groups -OCH3 is 1. The van der Waals surface area contributed by atoms with Crippen LogP contribution in [0.3, 0.4) is 0 Å². The number of aliphatic imine (C=N–C) groups is 1. The highest BCUT2D eigenvalue weighted by Crippen LogP contribution is 2.23. The molecular formula is C12H16N2OS. The lowest BCUT2D eigenvalue weighted by Gasteiger charge is -2.14. The number of hydrogen-bond acceptors (Lipinski definition) is 4. The molecule has 0 saturated heterocycles. The van der Waals surface area contributed by atoms with Gasteiger partial charge in [0.25, 0.3) is 0 Å². The second-order valence-corrected chi connectivity index (χ2v) is 4.78.